The Balaban J connectivity index is 2.32. The summed E-state index contributed by atoms with van der Waals surface area (Å²) in [6.07, 6.45) is -0.481. The van der Waals surface area contributed by atoms with Crippen LogP contribution < -0.4 is 0 Å². The van der Waals surface area contributed by atoms with Crippen molar-refractivity contribution in [2.75, 3.05) is 27.3 Å². The first-order chi connectivity index (χ1) is 7.11. The third-order valence-corrected chi connectivity index (χ3v) is 2.14. The van der Waals surface area contributed by atoms with Crippen LogP contribution in [0.2, 0.25) is 5.22 Å². The molecule has 86 valence electrons. The molecule has 0 amide bonds. The molecule has 1 rings (SSSR count). The van der Waals surface area contributed by atoms with Gasteiger partial charge in [0.25, 0.3) is 0 Å². The van der Waals surface area contributed by atoms with Gasteiger partial charge in [0.1, 0.15) is 5.76 Å². The van der Waals surface area contributed by atoms with E-state index in [1.54, 1.807) is 13.2 Å². The summed E-state index contributed by atoms with van der Waals surface area (Å²) in [7, 11) is 3.46. The maximum absolute atomic E-state index is 9.48. The predicted molar refractivity (Wildman–Crippen MR) is 57.9 cm³/mol. The molecular formula is C10H16ClNO3. The molecule has 1 unspecified atom stereocenters. The van der Waals surface area contributed by atoms with Gasteiger partial charge in [-0.1, -0.05) is 0 Å². The third-order valence-electron chi connectivity index (χ3n) is 1.94. The van der Waals surface area contributed by atoms with E-state index in [1.165, 1.54) is 0 Å². The average molecular weight is 234 g/mol. The molecule has 0 aromatic carbocycles. The molecule has 0 aliphatic heterocycles. The molecule has 1 aromatic heterocycles. The molecule has 0 saturated heterocycles. The molecule has 0 spiro atoms. The molecule has 0 bridgehead atoms. The van der Waals surface area contributed by atoms with Gasteiger partial charge in [-0.3, -0.25) is 4.90 Å². The van der Waals surface area contributed by atoms with Gasteiger partial charge in [0.05, 0.1) is 19.3 Å². The van der Waals surface area contributed by atoms with Crippen molar-refractivity contribution in [2.24, 2.45) is 0 Å². The molecule has 0 saturated carbocycles. The van der Waals surface area contributed by atoms with Crippen LogP contribution in [0.1, 0.15) is 5.76 Å². The van der Waals surface area contributed by atoms with Crippen molar-refractivity contribution < 1.29 is 14.3 Å². The number of hydrogen-bond donors (Lipinski definition) is 1. The topological polar surface area (TPSA) is 45.8 Å². The van der Waals surface area contributed by atoms with Crippen molar-refractivity contribution >= 4 is 11.6 Å². The highest BCUT2D eigenvalue weighted by atomic mass is 35.5. The Kier molecular flexibility index (Phi) is 5.11. The smallest absolute Gasteiger partial charge is 0.193 e. The SMILES string of the molecule is COCC(O)CN(C)Cc1ccc(Cl)o1. The zero-order valence-electron chi connectivity index (χ0n) is 8.94. The first-order valence-corrected chi connectivity index (χ1v) is 5.09. The lowest BCUT2D eigenvalue weighted by molar-refractivity contribution is 0.0407. The van der Waals surface area contributed by atoms with Crippen LogP contribution in [0.25, 0.3) is 0 Å². The van der Waals surface area contributed by atoms with E-state index >= 15 is 0 Å². The van der Waals surface area contributed by atoms with E-state index in [1.807, 2.05) is 18.0 Å². The molecule has 1 atom stereocenters. The summed E-state index contributed by atoms with van der Waals surface area (Å²) in [6, 6.07) is 3.53. The minimum atomic E-state index is -0.481. The van der Waals surface area contributed by atoms with Gasteiger partial charge in [-0.15, -0.1) is 0 Å². The summed E-state index contributed by atoms with van der Waals surface area (Å²) in [5.74, 6) is 0.784. The molecule has 0 fully saturated rings. The van der Waals surface area contributed by atoms with Gasteiger partial charge in [-0.05, 0) is 30.8 Å². The fourth-order valence-corrected chi connectivity index (χ4v) is 1.53. The van der Waals surface area contributed by atoms with E-state index in [-0.39, 0.29) is 0 Å². The van der Waals surface area contributed by atoms with E-state index < -0.39 is 6.10 Å². The van der Waals surface area contributed by atoms with Crippen LogP contribution in [0.4, 0.5) is 0 Å². The highest BCUT2D eigenvalue weighted by Crippen LogP contribution is 2.14. The number of ether oxygens (including phenoxy) is 1. The minimum absolute atomic E-state index is 0.337. The van der Waals surface area contributed by atoms with Gasteiger partial charge in [0.15, 0.2) is 5.22 Å². The summed E-state index contributed by atoms with van der Waals surface area (Å²) in [6.45, 7) is 1.49. The number of halogens is 1. The van der Waals surface area contributed by atoms with Crippen molar-refractivity contribution in [1.29, 1.82) is 0 Å². The largest absolute Gasteiger partial charge is 0.448 e. The number of rotatable bonds is 6. The van der Waals surface area contributed by atoms with Crippen molar-refractivity contribution in [3.05, 3.63) is 23.1 Å². The summed E-state index contributed by atoms with van der Waals surface area (Å²) >= 11 is 5.64. The van der Waals surface area contributed by atoms with Crippen molar-refractivity contribution in [3.8, 4) is 0 Å². The van der Waals surface area contributed by atoms with Crippen LogP contribution in [-0.2, 0) is 11.3 Å². The first kappa shape index (κ1) is 12.5. The van der Waals surface area contributed by atoms with Crippen LogP contribution in [-0.4, -0.2) is 43.4 Å². The molecule has 5 heteroatoms. The second-order valence-corrected chi connectivity index (χ2v) is 3.88. The zero-order valence-corrected chi connectivity index (χ0v) is 9.70. The number of nitrogens with zero attached hydrogens (tertiary/aromatic N) is 1. The number of aliphatic hydroxyl groups is 1. The quantitative estimate of drug-likeness (QED) is 0.806. The lowest BCUT2D eigenvalue weighted by Crippen LogP contribution is -2.31. The van der Waals surface area contributed by atoms with E-state index in [0.29, 0.717) is 24.9 Å². The highest BCUT2D eigenvalue weighted by Gasteiger charge is 2.09. The van der Waals surface area contributed by atoms with Crippen LogP contribution >= 0.6 is 11.6 Å². The Bertz CT molecular complexity index is 290. The Morgan fingerprint density at radius 2 is 2.33 bits per heavy atom. The average Bonchev–Trinajstić information content (AvgIpc) is 2.51. The number of methoxy groups -OCH3 is 1. The third kappa shape index (κ3) is 4.66. The molecule has 1 N–H and O–H groups in total. The van der Waals surface area contributed by atoms with Crippen molar-refractivity contribution in [3.63, 3.8) is 0 Å². The standard InChI is InChI=1S/C10H16ClNO3/c1-12(5-8(13)7-14-2)6-9-3-4-10(11)15-9/h3-4,8,13H,5-7H2,1-2H3. The molecule has 1 aromatic rings. The Morgan fingerprint density at radius 1 is 1.60 bits per heavy atom. The van der Waals surface area contributed by atoms with Gasteiger partial charge in [-0.25, -0.2) is 0 Å². The Labute approximate surface area is 94.4 Å². The summed E-state index contributed by atoms with van der Waals surface area (Å²) < 4.78 is 10.0. The number of likely N-dealkylation sites (N-methyl/N-ethyl adjacent to an activating group) is 1. The maximum Gasteiger partial charge on any atom is 0.193 e. The van der Waals surface area contributed by atoms with E-state index in [2.05, 4.69) is 0 Å². The van der Waals surface area contributed by atoms with E-state index in [0.717, 1.165) is 5.76 Å². The number of hydrogen-bond acceptors (Lipinski definition) is 4. The molecule has 0 aliphatic rings. The van der Waals surface area contributed by atoms with Gasteiger partial charge in [-0.2, -0.15) is 0 Å². The van der Waals surface area contributed by atoms with Crippen LogP contribution in [0, 0.1) is 0 Å². The van der Waals surface area contributed by atoms with E-state index in [9.17, 15) is 5.11 Å². The Morgan fingerprint density at radius 3 is 2.87 bits per heavy atom. The lowest BCUT2D eigenvalue weighted by Gasteiger charge is -2.18. The fraction of sp³-hybridized carbons (Fsp3) is 0.600. The monoisotopic (exact) mass is 233 g/mol. The van der Waals surface area contributed by atoms with E-state index in [4.69, 9.17) is 20.8 Å². The van der Waals surface area contributed by atoms with Crippen molar-refractivity contribution in [1.82, 2.24) is 4.90 Å². The molecule has 4 nitrogen and oxygen atoms in total. The van der Waals surface area contributed by atoms with Gasteiger partial charge < -0.3 is 14.3 Å². The predicted octanol–water partition coefficient (Wildman–Crippen LogP) is 1.37. The molecule has 1 heterocycles. The normalized spacial score (nSPS) is 13.4. The van der Waals surface area contributed by atoms with Crippen LogP contribution in [0.3, 0.4) is 0 Å². The summed E-state index contributed by atoms with van der Waals surface area (Å²) in [5, 5.41) is 9.86. The minimum Gasteiger partial charge on any atom is -0.448 e. The van der Waals surface area contributed by atoms with Crippen molar-refractivity contribution in [2.45, 2.75) is 12.6 Å². The second-order valence-electron chi connectivity index (χ2n) is 3.51. The number of furan rings is 1. The highest BCUT2D eigenvalue weighted by molar-refractivity contribution is 6.28. The van der Waals surface area contributed by atoms with Crippen LogP contribution in [0.5, 0.6) is 0 Å². The fourth-order valence-electron chi connectivity index (χ4n) is 1.37. The summed E-state index contributed by atoms with van der Waals surface area (Å²) in [4.78, 5) is 1.94. The van der Waals surface area contributed by atoms with Crippen LogP contribution in [0.15, 0.2) is 16.5 Å². The molecule has 0 aliphatic carbocycles. The van der Waals surface area contributed by atoms with Gasteiger partial charge in [0, 0.05) is 13.7 Å². The zero-order chi connectivity index (χ0) is 11.3. The Hall–Kier alpha value is -0.550. The van der Waals surface area contributed by atoms with Gasteiger partial charge >= 0.3 is 0 Å². The summed E-state index contributed by atoms with van der Waals surface area (Å²) in [5.41, 5.74) is 0. The number of aliphatic hydroxyl groups excluding tert-OH is 1. The molecule has 0 radical (unpaired) electrons. The maximum atomic E-state index is 9.48. The molecular weight excluding hydrogens is 218 g/mol. The molecule has 15 heavy (non-hydrogen) atoms. The lowest BCUT2D eigenvalue weighted by atomic mass is 10.3. The second kappa shape index (κ2) is 6.12. The van der Waals surface area contributed by atoms with Gasteiger partial charge in [0.2, 0.25) is 0 Å². The first-order valence-electron chi connectivity index (χ1n) is 4.71.